The van der Waals surface area contributed by atoms with Crippen molar-refractivity contribution in [2.45, 2.75) is 6.92 Å². The zero-order valence-corrected chi connectivity index (χ0v) is 13.9. The molecule has 0 spiro atoms. The van der Waals surface area contributed by atoms with Gasteiger partial charge in [-0.25, -0.2) is 4.90 Å². The predicted octanol–water partition coefficient (Wildman–Crippen LogP) is 2.94. The van der Waals surface area contributed by atoms with Gasteiger partial charge in [-0.2, -0.15) is 0 Å². The average Bonchev–Trinajstić information content (AvgIpc) is 2.85. The molecule has 1 aliphatic heterocycles. The first-order valence-corrected chi connectivity index (χ1v) is 7.76. The lowest BCUT2D eigenvalue weighted by atomic mass is 10.1. The van der Waals surface area contributed by atoms with Gasteiger partial charge in [0.25, 0.3) is 5.91 Å². The fourth-order valence-electron chi connectivity index (χ4n) is 2.70. The second-order valence-electron chi connectivity index (χ2n) is 5.30. The zero-order valence-electron chi connectivity index (χ0n) is 13.9. The predicted molar refractivity (Wildman–Crippen MR) is 92.6 cm³/mol. The fraction of sp³-hybridized carbons (Fsp3) is 0.158. The van der Waals surface area contributed by atoms with E-state index in [4.69, 9.17) is 9.47 Å². The molecule has 2 aromatic rings. The fourth-order valence-corrected chi connectivity index (χ4v) is 2.70. The van der Waals surface area contributed by atoms with E-state index in [2.05, 4.69) is 0 Å². The molecule has 0 fully saturated rings. The Morgan fingerprint density at radius 2 is 1.68 bits per heavy atom. The molecule has 0 atom stereocenters. The molecule has 0 radical (unpaired) electrons. The molecule has 0 bridgehead atoms. The first kappa shape index (κ1) is 16.6. The second-order valence-corrected chi connectivity index (χ2v) is 5.30. The van der Waals surface area contributed by atoms with Gasteiger partial charge in [-0.3, -0.25) is 9.59 Å². The molecule has 128 valence electrons. The third-order valence-electron chi connectivity index (χ3n) is 3.84. The Morgan fingerprint density at radius 3 is 2.32 bits per heavy atom. The van der Waals surface area contributed by atoms with Crippen molar-refractivity contribution in [1.82, 2.24) is 0 Å². The van der Waals surface area contributed by atoms with Crippen LogP contribution in [-0.2, 0) is 9.59 Å². The molecule has 1 N–H and O–H groups in total. The number of rotatable bonds is 5. The van der Waals surface area contributed by atoms with Crippen LogP contribution in [0.15, 0.2) is 54.3 Å². The number of anilines is 1. The van der Waals surface area contributed by atoms with Crippen LogP contribution in [0.4, 0.5) is 5.69 Å². The maximum Gasteiger partial charge on any atom is 0.301 e. The number of aliphatic hydroxyl groups excluding tert-OH is 1. The van der Waals surface area contributed by atoms with Crippen molar-refractivity contribution in [3.8, 4) is 11.5 Å². The second kappa shape index (κ2) is 6.68. The van der Waals surface area contributed by atoms with Gasteiger partial charge < -0.3 is 14.6 Å². The van der Waals surface area contributed by atoms with Gasteiger partial charge in [-0.1, -0.05) is 24.3 Å². The van der Waals surface area contributed by atoms with Crippen molar-refractivity contribution in [1.29, 1.82) is 0 Å². The lowest BCUT2D eigenvalue weighted by Gasteiger charge is -2.17. The van der Waals surface area contributed by atoms with E-state index in [0.29, 0.717) is 23.7 Å². The minimum atomic E-state index is -0.779. The van der Waals surface area contributed by atoms with Crippen LogP contribution in [0.2, 0.25) is 0 Å². The third-order valence-corrected chi connectivity index (χ3v) is 3.84. The molecule has 0 saturated heterocycles. The highest BCUT2D eigenvalue weighted by molar-refractivity contribution is 6.45. The van der Waals surface area contributed by atoms with Crippen LogP contribution >= 0.6 is 0 Å². The van der Waals surface area contributed by atoms with Gasteiger partial charge in [0.05, 0.1) is 25.0 Å². The molecule has 1 aliphatic rings. The molecule has 0 saturated carbocycles. The van der Waals surface area contributed by atoms with E-state index in [9.17, 15) is 14.7 Å². The van der Waals surface area contributed by atoms with Crippen molar-refractivity contribution in [2.24, 2.45) is 0 Å². The van der Waals surface area contributed by atoms with E-state index >= 15 is 0 Å². The van der Waals surface area contributed by atoms with Gasteiger partial charge in [-0.05, 0) is 36.8 Å². The molecule has 6 heteroatoms. The molecular weight excluding hydrogens is 322 g/mol. The van der Waals surface area contributed by atoms with Gasteiger partial charge in [0.2, 0.25) is 0 Å². The topological polar surface area (TPSA) is 76.1 Å². The van der Waals surface area contributed by atoms with E-state index < -0.39 is 17.6 Å². The Hall–Kier alpha value is -3.28. The minimum Gasteiger partial charge on any atom is -0.502 e. The van der Waals surface area contributed by atoms with Crippen LogP contribution in [0.1, 0.15) is 12.5 Å². The molecule has 0 aliphatic carbocycles. The number of carbonyl (C=O) groups is 2. The number of hydrogen-bond acceptors (Lipinski definition) is 5. The lowest BCUT2D eigenvalue weighted by molar-refractivity contribution is -0.121. The molecule has 3 rings (SSSR count). The van der Waals surface area contributed by atoms with Crippen molar-refractivity contribution in [2.75, 3.05) is 18.6 Å². The van der Waals surface area contributed by atoms with Crippen LogP contribution in [0.5, 0.6) is 11.5 Å². The molecule has 0 aromatic heterocycles. The van der Waals surface area contributed by atoms with Gasteiger partial charge >= 0.3 is 5.91 Å². The highest BCUT2D eigenvalue weighted by atomic mass is 16.5. The van der Waals surface area contributed by atoms with Crippen molar-refractivity contribution < 1.29 is 24.2 Å². The number of benzene rings is 2. The Bertz CT molecular complexity index is 854. The summed E-state index contributed by atoms with van der Waals surface area (Å²) in [5, 5.41) is 10.2. The average molecular weight is 339 g/mol. The lowest BCUT2D eigenvalue weighted by Crippen LogP contribution is -2.31. The molecule has 1 heterocycles. The molecule has 2 aromatic carbocycles. The monoisotopic (exact) mass is 339 g/mol. The highest BCUT2D eigenvalue weighted by Crippen LogP contribution is 2.36. The summed E-state index contributed by atoms with van der Waals surface area (Å²) < 4.78 is 10.6. The summed E-state index contributed by atoms with van der Waals surface area (Å²) >= 11 is 0. The summed E-state index contributed by atoms with van der Waals surface area (Å²) in [6.07, 6.45) is 0. The number of carbonyl (C=O) groups excluding carboxylic acids is 2. The number of ether oxygens (including phenoxy) is 2. The molecule has 6 nitrogen and oxygen atoms in total. The van der Waals surface area contributed by atoms with Crippen LogP contribution in [0.25, 0.3) is 5.57 Å². The maximum atomic E-state index is 12.8. The number of para-hydroxylation sites is 2. The number of hydrogen-bond donors (Lipinski definition) is 1. The summed E-state index contributed by atoms with van der Waals surface area (Å²) in [6, 6.07) is 13.3. The largest absolute Gasteiger partial charge is 0.502 e. The van der Waals surface area contributed by atoms with Gasteiger partial charge in [0.15, 0.2) is 5.76 Å². The quantitative estimate of drug-likeness (QED) is 0.848. The standard InChI is InChI=1S/C19H17NO5/c1-3-25-13-10-8-12(9-11-13)16-17(21)19(23)20(18(16)22)14-6-4-5-7-15(14)24-2/h4-11,21H,3H2,1-2H3. The molecular formula is C19H17NO5. The van der Waals surface area contributed by atoms with Crippen LogP contribution in [-0.4, -0.2) is 30.6 Å². The summed E-state index contributed by atoms with van der Waals surface area (Å²) in [5.74, 6) is -0.954. The maximum absolute atomic E-state index is 12.8. The smallest absolute Gasteiger partial charge is 0.301 e. The van der Waals surface area contributed by atoms with E-state index in [1.165, 1.54) is 7.11 Å². The van der Waals surface area contributed by atoms with E-state index in [-0.39, 0.29) is 11.3 Å². The van der Waals surface area contributed by atoms with E-state index in [1.54, 1.807) is 48.5 Å². The van der Waals surface area contributed by atoms with Crippen molar-refractivity contribution >= 4 is 23.1 Å². The number of nitrogens with zero attached hydrogens (tertiary/aromatic N) is 1. The Balaban J connectivity index is 1.99. The van der Waals surface area contributed by atoms with Crippen LogP contribution in [0.3, 0.4) is 0 Å². The van der Waals surface area contributed by atoms with Crippen molar-refractivity contribution in [3.63, 3.8) is 0 Å². The van der Waals surface area contributed by atoms with Crippen LogP contribution < -0.4 is 14.4 Å². The molecule has 25 heavy (non-hydrogen) atoms. The van der Waals surface area contributed by atoms with E-state index in [1.807, 2.05) is 6.92 Å². The first-order valence-electron chi connectivity index (χ1n) is 7.76. The summed E-state index contributed by atoms with van der Waals surface area (Å²) in [4.78, 5) is 26.2. The molecule has 2 amide bonds. The Kier molecular flexibility index (Phi) is 4.43. The summed E-state index contributed by atoms with van der Waals surface area (Å²) in [5.41, 5.74) is 0.683. The zero-order chi connectivity index (χ0) is 18.0. The summed E-state index contributed by atoms with van der Waals surface area (Å²) in [7, 11) is 1.45. The number of amides is 2. The summed E-state index contributed by atoms with van der Waals surface area (Å²) in [6.45, 7) is 2.39. The number of methoxy groups -OCH3 is 1. The Morgan fingerprint density at radius 1 is 1.00 bits per heavy atom. The normalized spacial score (nSPS) is 14.2. The van der Waals surface area contributed by atoms with Crippen molar-refractivity contribution in [3.05, 3.63) is 59.9 Å². The molecule has 0 unspecified atom stereocenters. The van der Waals surface area contributed by atoms with Crippen LogP contribution in [0, 0.1) is 0 Å². The minimum absolute atomic E-state index is 0.0426. The number of imide groups is 1. The Labute approximate surface area is 144 Å². The van der Waals surface area contributed by atoms with E-state index in [0.717, 1.165) is 4.90 Å². The van der Waals surface area contributed by atoms with Gasteiger partial charge in [0.1, 0.15) is 11.5 Å². The highest BCUT2D eigenvalue weighted by Gasteiger charge is 2.41. The third kappa shape index (κ3) is 2.82. The van der Waals surface area contributed by atoms with Gasteiger partial charge in [0, 0.05) is 0 Å². The number of aliphatic hydroxyl groups is 1. The van der Waals surface area contributed by atoms with Gasteiger partial charge in [-0.15, -0.1) is 0 Å². The SMILES string of the molecule is CCOc1ccc(C2=C(O)C(=O)N(c3ccccc3OC)C2=O)cc1. The first-order chi connectivity index (χ1) is 12.1.